The van der Waals surface area contributed by atoms with E-state index >= 15 is 0 Å². The van der Waals surface area contributed by atoms with Crippen molar-refractivity contribution in [3.8, 4) is 11.3 Å². The van der Waals surface area contributed by atoms with Crippen LogP contribution in [0.2, 0.25) is 0 Å². The number of hydrogen-bond donors (Lipinski definition) is 1. The van der Waals surface area contributed by atoms with Gasteiger partial charge < -0.3 is 14.3 Å². The molecular weight excluding hydrogens is 299 g/mol. The monoisotopic (exact) mass is 316 g/mol. The maximum Gasteiger partial charge on any atom is 0.129 e. The third-order valence-corrected chi connectivity index (χ3v) is 3.31. The van der Waals surface area contributed by atoms with Gasteiger partial charge in [0.05, 0.1) is 31.2 Å². The Balaban J connectivity index is 1.51. The lowest BCUT2D eigenvalue weighted by molar-refractivity contribution is 0.0132. The zero-order valence-electron chi connectivity index (χ0n) is 12.4. The molecule has 23 heavy (non-hydrogen) atoms. The molecule has 0 saturated carbocycles. The van der Waals surface area contributed by atoms with E-state index in [-0.39, 0.29) is 12.4 Å². The second-order valence-electron chi connectivity index (χ2n) is 5.18. The Hall–Kier alpha value is -2.44. The van der Waals surface area contributed by atoms with Crippen LogP contribution in [-0.2, 0) is 17.9 Å². The summed E-state index contributed by atoms with van der Waals surface area (Å²) in [6, 6.07) is 11.6. The van der Waals surface area contributed by atoms with E-state index in [4.69, 9.17) is 9.15 Å². The van der Waals surface area contributed by atoms with E-state index in [1.54, 1.807) is 35.3 Å². The van der Waals surface area contributed by atoms with Gasteiger partial charge in [0.15, 0.2) is 0 Å². The highest BCUT2D eigenvalue weighted by atomic mass is 19.1. The van der Waals surface area contributed by atoms with Gasteiger partial charge in [-0.3, -0.25) is 4.68 Å². The molecule has 3 aromatic rings. The van der Waals surface area contributed by atoms with Crippen LogP contribution in [0.5, 0.6) is 0 Å². The van der Waals surface area contributed by atoms with Gasteiger partial charge in [-0.05, 0) is 42.5 Å². The summed E-state index contributed by atoms with van der Waals surface area (Å²) < 4.78 is 25.1. The minimum atomic E-state index is -0.675. The molecule has 0 amide bonds. The van der Waals surface area contributed by atoms with Crippen LogP contribution in [0.3, 0.4) is 0 Å². The van der Waals surface area contributed by atoms with Crippen LogP contribution in [0, 0.1) is 5.82 Å². The van der Waals surface area contributed by atoms with E-state index in [2.05, 4.69) is 5.10 Å². The van der Waals surface area contributed by atoms with Crippen molar-refractivity contribution in [1.82, 2.24) is 9.78 Å². The van der Waals surface area contributed by atoms with Crippen molar-refractivity contribution in [2.75, 3.05) is 6.61 Å². The Morgan fingerprint density at radius 3 is 2.78 bits per heavy atom. The molecule has 0 aliphatic rings. The zero-order valence-corrected chi connectivity index (χ0v) is 12.4. The lowest BCUT2D eigenvalue weighted by Gasteiger charge is -2.10. The number of nitrogens with zero attached hydrogens (tertiary/aromatic N) is 2. The fourth-order valence-electron chi connectivity index (χ4n) is 2.20. The molecule has 2 heterocycles. The second kappa shape index (κ2) is 7.21. The van der Waals surface area contributed by atoms with Crippen LogP contribution in [0.25, 0.3) is 11.3 Å². The number of benzene rings is 1. The number of rotatable bonds is 7. The van der Waals surface area contributed by atoms with Gasteiger partial charge in [-0.2, -0.15) is 5.10 Å². The van der Waals surface area contributed by atoms with Crippen molar-refractivity contribution in [1.29, 1.82) is 0 Å². The third kappa shape index (κ3) is 4.28. The van der Waals surface area contributed by atoms with Crippen molar-refractivity contribution in [2.45, 2.75) is 19.3 Å². The van der Waals surface area contributed by atoms with E-state index in [0.717, 1.165) is 17.0 Å². The molecule has 3 rings (SSSR count). The molecule has 1 aromatic carbocycles. The minimum absolute atomic E-state index is 0.187. The molecule has 120 valence electrons. The largest absolute Gasteiger partial charge is 0.467 e. The van der Waals surface area contributed by atoms with E-state index in [0.29, 0.717) is 13.2 Å². The van der Waals surface area contributed by atoms with Gasteiger partial charge in [-0.25, -0.2) is 4.39 Å². The molecule has 0 spiro atoms. The highest BCUT2D eigenvalue weighted by Gasteiger charge is 2.09. The summed E-state index contributed by atoms with van der Waals surface area (Å²) in [6.45, 7) is 0.829. The molecule has 5 nitrogen and oxygen atoms in total. The lowest BCUT2D eigenvalue weighted by Crippen LogP contribution is -2.22. The number of hydrogen-bond acceptors (Lipinski definition) is 4. The molecule has 0 radical (unpaired) electrons. The Kier molecular flexibility index (Phi) is 4.85. The number of aromatic nitrogens is 2. The molecule has 0 aliphatic carbocycles. The van der Waals surface area contributed by atoms with E-state index in [9.17, 15) is 9.50 Å². The Labute approximate surface area is 132 Å². The molecule has 1 N–H and O–H groups in total. The van der Waals surface area contributed by atoms with Crippen LogP contribution in [0.4, 0.5) is 4.39 Å². The highest BCUT2D eigenvalue weighted by Crippen LogP contribution is 2.17. The SMILES string of the molecule is OC(COCc1ccco1)Cn1ccc(-c2ccc(F)cc2)n1. The Morgan fingerprint density at radius 2 is 2.04 bits per heavy atom. The molecule has 2 aromatic heterocycles. The van der Waals surface area contributed by atoms with Crippen molar-refractivity contribution >= 4 is 0 Å². The summed E-state index contributed by atoms with van der Waals surface area (Å²) in [5.41, 5.74) is 1.56. The van der Waals surface area contributed by atoms with Crippen molar-refractivity contribution in [3.05, 3.63) is 66.5 Å². The molecule has 0 aliphatic heterocycles. The molecule has 0 bridgehead atoms. The maximum absolute atomic E-state index is 12.9. The summed E-state index contributed by atoms with van der Waals surface area (Å²) >= 11 is 0. The Bertz CT molecular complexity index is 723. The normalized spacial score (nSPS) is 12.4. The van der Waals surface area contributed by atoms with Crippen LogP contribution in [0.1, 0.15) is 5.76 Å². The van der Waals surface area contributed by atoms with Gasteiger partial charge in [0.25, 0.3) is 0 Å². The number of furan rings is 1. The van der Waals surface area contributed by atoms with Gasteiger partial charge in [-0.1, -0.05) is 0 Å². The molecule has 1 atom stereocenters. The predicted octanol–water partition coefficient (Wildman–Crippen LogP) is 2.86. The smallest absolute Gasteiger partial charge is 0.129 e. The van der Waals surface area contributed by atoms with Gasteiger partial charge in [-0.15, -0.1) is 0 Å². The topological polar surface area (TPSA) is 60.4 Å². The van der Waals surface area contributed by atoms with E-state index < -0.39 is 6.10 Å². The average Bonchev–Trinajstić information content (AvgIpc) is 3.20. The Morgan fingerprint density at radius 1 is 1.22 bits per heavy atom. The van der Waals surface area contributed by atoms with Crippen LogP contribution in [-0.4, -0.2) is 27.6 Å². The summed E-state index contributed by atoms with van der Waals surface area (Å²) in [4.78, 5) is 0. The highest BCUT2D eigenvalue weighted by molar-refractivity contribution is 5.58. The summed E-state index contributed by atoms with van der Waals surface area (Å²) in [7, 11) is 0. The number of aliphatic hydroxyl groups excluding tert-OH is 1. The molecular formula is C17H17FN2O3. The number of halogens is 1. The van der Waals surface area contributed by atoms with Gasteiger partial charge in [0.1, 0.15) is 18.2 Å². The van der Waals surface area contributed by atoms with Gasteiger partial charge in [0.2, 0.25) is 0 Å². The van der Waals surface area contributed by atoms with Crippen LogP contribution in [0.15, 0.2) is 59.3 Å². The number of aliphatic hydroxyl groups is 1. The van der Waals surface area contributed by atoms with Gasteiger partial charge in [0, 0.05) is 11.8 Å². The summed E-state index contributed by atoms with van der Waals surface area (Å²) in [6.07, 6.45) is 2.68. The lowest BCUT2D eigenvalue weighted by atomic mass is 10.1. The quantitative estimate of drug-likeness (QED) is 0.728. The van der Waals surface area contributed by atoms with Crippen molar-refractivity contribution in [2.24, 2.45) is 0 Å². The zero-order chi connectivity index (χ0) is 16.1. The first-order chi connectivity index (χ1) is 11.2. The average molecular weight is 316 g/mol. The molecule has 1 unspecified atom stereocenters. The fraction of sp³-hybridized carbons (Fsp3) is 0.235. The van der Waals surface area contributed by atoms with Gasteiger partial charge >= 0.3 is 0 Å². The van der Waals surface area contributed by atoms with Crippen molar-refractivity contribution < 1.29 is 18.7 Å². The predicted molar refractivity (Wildman–Crippen MR) is 82.0 cm³/mol. The van der Waals surface area contributed by atoms with E-state index in [1.807, 2.05) is 12.1 Å². The standard InChI is InChI=1S/C17H17FN2O3/c18-14-5-3-13(4-6-14)17-7-8-20(19-17)10-15(21)11-22-12-16-2-1-9-23-16/h1-9,15,21H,10-12H2. The summed E-state index contributed by atoms with van der Waals surface area (Å²) in [5, 5.41) is 14.3. The maximum atomic E-state index is 12.9. The first kappa shape index (κ1) is 15.5. The van der Waals surface area contributed by atoms with Crippen molar-refractivity contribution in [3.63, 3.8) is 0 Å². The number of ether oxygens (including phenoxy) is 1. The first-order valence-electron chi connectivity index (χ1n) is 7.28. The first-order valence-corrected chi connectivity index (χ1v) is 7.28. The van der Waals surface area contributed by atoms with E-state index in [1.165, 1.54) is 12.1 Å². The van der Waals surface area contributed by atoms with Crippen LogP contribution < -0.4 is 0 Å². The molecule has 0 saturated heterocycles. The fourth-order valence-corrected chi connectivity index (χ4v) is 2.20. The molecule has 6 heteroatoms. The third-order valence-electron chi connectivity index (χ3n) is 3.31. The summed E-state index contributed by atoms with van der Waals surface area (Å²) in [5.74, 6) is 0.437. The second-order valence-corrected chi connectivity index (χ2v) is 5.18. The van der Waals surface area contributed by atoms with Crippen LogP contribution >= 0.6 is 0 Å². The molecule has 0 fully saturated rings. The minimum Gasteiger partial charge on any atom is -0.467 e.